The maximum Gasteiger partial charge on any atom is 0.269 e. The molecule has 0 aliphatic heterocycles. The van der Waals surface area contributed by atoms with Crippen LogP contribution in [0.3, 0.4) is 0 Å². The molecule has 0 spiro atoms. The van der Waals surface area contributed by atoms with Crippen molar-refractivity contribution in [3.8, 4) is 11.4 Å². The van der Waals surface area contributed by atoms with Gasteiger partial charge in [-0.3, -0.25) is 15.6 Å². The fraction of sp³-hybridized carbons (Fsp3) is 0.235. The predicted molar refractivity (Wildman–Crippen MR) is 93.7 cm³/mol. The first kappa shape index (κ1) is 16.6. The van der Waals surface area contributed by atoms with Crippen molar-refractivity contribution in [1.29, 1.82) is 0 Å². The molecule has 0 saturated carbocycles. The zero-order valence-corrected chi connectivity index (χ0v) is 14.3. The first-order valence-corrected chi connectivity index (χ1v) is 7.91. The summed E-state index contributed by atoms with van der Waals surface area (Å²) in [7, 11) is 0. The number of nitrogens with one attached hydrogen (secondary N) is 2. The lowest BCUT2D eigenvalue weighted by molar-refractivity contribution is 0.0962. The average molecular weight is 337 g/mol. The molecular weight excluding hydrogens is 318 g/mol. The Bertz CT molecular complexity index is 874. The molecule has 0 aliphatic rings. The third kappa shape index (κ3) is 3.63. The normalized spacial score (nSPS) is 10.7. The number of hydrazine groups is 1. The number of benzene rings is 1. The van der Waals surface area contributed by atoms with Crippen LogP contribution in [0.5, 0.6) is 0 Å². The number of aryl methyl sites for hydroxylation is 1. The van der Waals surface area contributed by atoms with Gasteiger partial charge in [0.15, 0.2) is 0 Å². The van der Waals surface area contributed by atoms with Crippen molar-refractivity contribution < 1.29 is 4.79 Å². The Hall–Kier alpha value is -3.29. The van der Waals surface area contributed by atoms with E-state index in [1.54, 1.807) is 36.7 Å². The van der Waals surface area contributed by atoms with Gasteiger partial charge in [-0.2, -0.15) is 5.10 Å². The number of carbonyl (C=O) groups excluding carboxylic acids is 1. The van der Waals surface area contributed by atoms with Gasteiger partial charge >= 0.3 is 0 Å². The summed E-state index contributed by atoms with van der Waals surface area (Å²) in [6, 6.07) is 9.11. The summed E-state index contributed by atoms with van der Waals surface area (Å²) in [5.74, 6) is 0.823. The van der Waals surface area contributed by atoms with Gasteiger partial charge in [0.25, 0.3) is 11.9 Å². The fourth-order valence-electron chi connectivity index (χ4n) is 2.55. The predicted octanol–water partition coefficient (Wildman–Crippen LogP) is 2.38. The summed E-state index contributed by atoms with van der Waals surface area (Å²) >= 11 is 0. The van der Waals surface area contributed by atoms with Crippen molar-refractivity contribution >= 4 is 11.9 Å². The van der Waals surface area contributed by atoms with E-state index in [9.17, 15) is 4.79 Å². The van der Waals surface area contributed by atoms with Gasteiger partial charge < -0.3 is 4.57 Å². The topological polar surface area (TPSA) is 97.6 Å². The van der Waals surface area contributed by atoms with E-state index in [2.05, 4.69) is 49.4 Å². The van der Waals surface area contributed by atoms with Crippen molar-refractivity contribution in [3.63, 3.8) is 0 Å². The maximum atomic E-state index is 12.1. The van der Waals surface area contributed by atoms with Crippen LogP contribution < -0.4 is 10.9 Å². The van der Waals surface area contributed by atoms with E-state index < -0.39 is 0 Å². The van der Waals surface area contributed by atoms with E-state index in [1.165, 1.54) is 0 Å². The molecule has 1 amide bonds. The van der Waals surface area contributed by atoms with Crippen LogP contribution in [0.4, 0.5) is 5.95 Å². The Morgan fingerprint density at radius 1 is 1.16 bits per heavy atom. The fourth-order valence-corrected chi connectivity index (χ4v) is 2.55. The third-order valence-corrected chi connectivity index (χ3v) is 3.64. The maximum absolute atomic E-state index is 12.1. The third-order valence-electron chi connectivity index (χ3n) is 3.64. The molecule has 25 heavy (non-hydrogen) atoms. The van der Waals surface area contributed by atoms with Gasteiger partial charge in [-0.25, -0.2) is 9.97 Å². The van der Waals surface area contributed by atoms with Gasteiger partial charge in [-0.05, 0) is 32.9 Å². The quantitative estimate of drug-likeness (QED) is 0.694. The molecule has 2 aromatic heterocycles. The van der Waals surface area contributed by atoms with Crippen molar-refractivity contribution in [2.45, 2.75) is 26.8 Å². The summed E-state index contributed by atoms with van der Waals surface area (Å²) in [4.78, 5) is 20.8. The number of imidazole rings is 1. The van der Waals surface area contributed by atoms with Crippen LogP contribution in [0.25, 0.3) is 11.4 Å². The molecule has 1 aromatic carbocycles. The molecule has 0 radical (unpaired) electrons. The molecule has 0 fully saturated rings. The monoisotopic (exact) mass is 337 g/mol. The van der Waals surface area contributed by atoms with Crippen LogP contribution in [-0.4, -0.2) is 30.6 Å². The average Bonchev–Trinajstić information content (AvgIpc) is 3.02. The number of amides is 1. The number of nitrogens with zero attached hydrogens (tertiary/aromatic N) is 5. The largest absolute Gasteiger partial charge is 0.324 e. The number of carbonyl (C=O) groups is 1. The Morgan fingerprint density at radius 2 is 1.92 bits per heavy atom. The van der Waals surface area contributed by atoms with Crippen LogP contribution in [0.1, 0.15) is 36.1 Å². The molecule has 0 bridgehead atoms. The van der Waals surface area contributed by atoms with E-state index >= 15 is 0 Å². The van der Waals surface area contributed by atoms with Crippen LogP contribution in [0, 0.1) is 6.92 Å². The minimum absolute atomic E-state index is 0.205. The second kappa shape index (κ2) is 7.08. The summed E-state index contributed by atoms with van der Waals surface area (Å²) in [5.41, 5.74) is 7.26. The second-order valence-electron chi connectivity index (χ2n) is 5.76. The highest BCUT2D eigenvalue weighted by molar-refractivity contribution is 5.94. The van der Waals surface area contributed by atoms with E-state index in [1.807, 2.05) is 13.0 Å². The van der Waals surface area contributed by atoms with Crippen molar-refractivity contribution in [2.75, 3.05) is 5.43 Å². The molecule has 3 rings (SSSR count). The zero-order chi connectivity index (χ0) is 17.8. The van der Waals surface area contributed by atoms with Gasteiger partial charge in [0, 0.05) is 11.6 Å². The highest BCUT2D eigenvalue weighted by Gasteiger charge is 2.14. The smallest absolute Gasteiger partial charge is 0.269 e. The molecule has 8 nitrogen and oxygen atoms in total. The first-order chi connectivity index (χ1) is 12.1. The van der Waals surface area contributed by atoms with Crippen LogP contribution in [0.2, 0.25) is 0 Å². The summed E-state index contributed by atoms with van der Waals surface area (Å²) in [6.07, 6.45) is 3.32. The van der Waals surface area contributed by atoms with Crippen LogP contribution in [0.15, 0.2) is 42.7 Å². The lowest BCUT2D eigenvalue weighted by Gasteiger charge is -2.14. The highest BCUT2D eigenvalue weighted by Crippen LogP contribution is 2.22. The number of anilines is 1. The van der Waals surface area contributed by atoms with Crippen LogP contribution >= 0.6 is 0 Å². The van der Waals surface area contributed by atoms with Gasteiger partial charge in [-0.15, -0.1) is 5.10 Å². The molecule has 2 heterocycles. The molecule has 0 aliphatic carbocycles. The van der Waals surface area contributed by atoms with Gasteiger partial charge in [0.05, 0.1) is 18.1 Å². The molecule has 2 N–H and O–H groups in total. The minimum atomic E-state index is -0.280. The molecule has 0 saturated heterocycles. The summed E-state index contributed by atoms with van der Waals surface area (Å²) in [5, 5.41) is 7.85. The Labute approximate surface area is 145 Å². The molecule has 0 unspecified atom stereocenters. The Morgan fingerprint density at radius 3 is 2.64 bits per heavy atom. The molecule has 128 valence electrons. The van der Waals surface area contributed by atoms with Gasteiger partial charge in [-0.1, -0.05) is 18.2 Å². The molecule has 8 heteroatoms. The van der Waals surface area contributed by atoms with Crippen molar-refractivity contribution in [3.05, 3.63) is 54.1 Å². The van der Waals surface area contributed by atoms with E-state index in [4.69, 9.17) is 0 Å². The van der Waals surface area contributed by atoms with Crippen molar-refractivity contribution in [2.24, 2.45) is 0 Å². The Kier molecular flexibility index (Phi) is 4.69. The number of aromatic nitrogens is 5. The summed E-state index contributed by atoms with van der Waals surface area (Å²) in [6.45, 7) is 6.09. The second-order valence-corrected chi connectivity index (χ2v) is 5.76. The number of rotatable bonds is 5. The van der Waals surface area contributed by atoms with E-state index in [-0.39, 0.29) is 17.9 Å². The standard InChI is InChI=1S/C17H19N7O/c1-11(2)24-12(3)18-10-15(24)14-9-19-22-17(20-14)23-21-16(25)13-7-5-4-6-8-13/h4-11H,1-3H3,(H,21,25)(H,20,22,23). The number of hydrogen-bond donors (Lipinski definition) is 2. The molecular formula is C17H19N7O. The van der Waals surface area contributed by atoms with Gasteiger partial charge in [0.2, 0.25) is 0 Å². The highest BCUT2D eigenvalue weighted by atomic mass is 16.2. The number of hydrogen-bond acceptors (Lipinski definition) is 6. The van der Waals surface area contributed by atoms with Crippen molar-refractivity contribution in [1.82, 2.24) is 30.2 Å². The van der Waals surface area contributed by atoms with E-state index in [0.717, 1.165) is 11.5 Å². The van der Waals surface area contributed by atoms with Gasteiger partial charge in [0.1, 0.15) is 11.5 Å². The lowest BCUT2D eigenvalue weighted by atomic mass is 10.2. The Balaban J connectivity index is 1.77. The van der Waals surface area contributed by atoms with E-state index in [0.29, 0.717) is 11.3 Å². The summed E-state index contributed by atoms with van der Waals surface area (Å²) < 4.78 is 2.07. The minimum Gasteiger partial charge on any atom is -0.324 e. The first-order valence-electron chi connectivity index (χ1n) is 7.91. The molecule has 3 aromatic rings. The zero-order valence-electron chi connectivity index (χ0n) is 14.3. The SMILES string of the molecule is Cc1ncc(-c2cnnc(NNC(=O)c3ccccc3)n2)n1C(C)C. The lowest BCUT2D eigenvalue weighted by Crippen LogP contribution is -2.30. The molecule has 0 atom stereocenters. The van der Waals surface area contributed by atoms with Crippen LogP contribution in [-0.2, 0) is 0 Å².